The third kappa shape index (κ3) is 4.54. The van der Waals surface area contributed by atoms with E-state index >= 15 is 0 Å². The van der Waals surface area contributed by atoms with E-state index in [1.165, 1.54) is 29.7 Å². The first-order valence-corrected chi connectivity index (χ1v) is 11.3. The summed E-state index contributed by atoms with van der Waals surface area (Å²) < 4.78 is 30.8. The molecule has 29 heavy (non-hydrogen) atoms. The lowest BCUT2D eigenvalue weighted by molar-refractivity contribution is -0.116. The molecule has 0 fully saturated rings. The van der Waals surface area contributed by atoms with Gasteiger partial charge in [0.1, 0.15) is 6.33 Å². The molecule has 0 bridgehead atoms. The van der Waals surface area contributed by atoms with E-state index in [2.05, 4.69) is 36.4 Å². The average molecular weight is 430 g/mol. The molecule has 3 aromatic rings. The van der Waals surface area contributed by atoms with E-state index < -0.39 is 10.0 Å². The maximum Gasteiger partial charge on any atom is 0.263 e. The molecule has 0 spiro atoms. The zero-order chi connectivity index (χ0) is 20.3. The number of sulfonamides is 1. The number of hydrogen-bond acceptors (Lipinski definition) is 7. The number of anilines is 3. The van der Waals surface area contributed by atoms with E-state index in [4.69, 9.17) is 0 Å². The zero-order valence-electron chi connectivity index (χ0n) is 15.4. The molecule has 1 amide bonds. The van der Waals surface area contributed by atoms with Crippen LogP contribution in [0.25, 0.3) is 0 Å². The Kier molecular flexibility index (Phi) is 5.45. The molecule has 0 saturated carbocycles. The summed E-state index contributed by atoms with van der Waals surface area (Å²) in [6, 6.07) is 14.2. The molecule has 0 radical (unpaired) electrons. The first kappa shape index (κ1) is 19.3. The topological polar surface area (TPSA) is 104 Å². The number of carbonyl (C=O) groups is 1. The number of fused-ring (bicyclic) bond motifs is 1. The van der Waals surface area contributed by atoms with Crippen molar-refractivity contribution in [2.45, 2.75) is 17.7 Å². The van der Waals surface area contributed by atoms with Crippen molar-refractivity contribution < 1.29 is 13.2 Å². The van der Waals surface area contributed by atoms with Gasteiger partial charge in [-0.25, -0.2) is 13.4 Å². The Hall–Kier alpha value is -2.98. The number of aromatic nitrogens is 2. The molecule has 0 unspecified atom stereocenters. The number of nitrogens with one attached hydrogen (secondary N) is 2. The van der Waals surface area contributed by atoms with Gasteiger partial charge in [0.2, 0.25) is 11.0 Å². The molecule has 2 aromatic carbocycles. The molecule has 8 nitrogen and oxygen atoms in total. The van der Waals surface area contributed by atoms with Crippen molar-refractivity contribution in [3.63, 3.8) is 0 Å². The molecular formula is C19H19N5O3S2. The minimum atomic E-state index is -3.74. The lowest BCUT2D eigenvalue weighted by Crippen LogP contribution is -2.26. The molecule has 10 heteroatoms. The quantitative estimate of drug-likeness (QED) is 0.598. The highest BCUT2D eigenvalue weighted by atomic mass is 32.2. The number of amides is 1. The monoisotopic (exact) mass is 429 g/mol. The second-order valence-electron chi connectivity index (χ2n) is 6.54. The number of nitrogens with zero attached hydrogens (tertiary/aromatic N) is 3. The maximum absolute atomic E-state index is 12.3. The lowest BCUT2D eigenvalue weighted by Gasteiger charge is -2.19. The zero-order valence-corrected chi connectivity index (χ0v) is 17.0. The average Bonchev–Trinajstić information content (AvgIpc) is 3.36. The van der Waals surface area contributed by atoms with Gasteiger partial charge in [-0.3, -0.25) is 9.52 Å². The highest BCUT2D eigenvalue weighted by molar-refractivity contribution is 7.93. The van der Waals surface area contributed by atoms with Crippen molar-refractivity contribution in [3.8, 4) is 0 Å². The maximum atomic E-state index is 12.3. The fraction of sp³-hybridized carbons (Fsp3) is 0.211. The van der Waals surface area contributed by atoms with Gasteiger partial charge < -0.3 is 10.2 Å². The van der Waals surface area contributed by atoms with Gasteiger partial charge in [-0.1, -0.05) is 18.2 Å². The van der Waals surface area contributed by atoms with E-state index in [-0.39, 0.29) is 15.9 Å². The first-order valence-electron chi connectivity index (χ1n) is 9.03. The first-order chi connectivity index (χ1) is 14.0. The SMILES string of the molecule is O=C(CCN1CCc2ccccc21)Nc1ccc(S(=O)(=O)Nc2ncns2)cc1. The molecule has 0 aliphatic carbocycles. The van der Waals surface area contributed by atoms with Gasteiger partial charge in [0.15, 0.2) is 0 Å². The van der Waals surface area contributed by atoms with Crippen molar-refractivity contribution in [1.29, 1.82) is 0 Å². The van der Waals surface area contributed by atoms with E-state index in [9.17, 15) is 13.2 Å². The van der Waals surface area contributed by atoms with Crippen LogP contribution in [0.1, 0.15) is 12.0 Å². The highest BCUT2D eigenvalue weighted by Crippen LogP contribution is 2.27. The molecule has 0 atom stereocenters. The van der Waals surface area contributed by atoms with Crippen molar-refractivity contribution in [2.24, 2.45) is 0 Å². The largest absolute Gasteiger partial charge is 0.370 e. The predicted molar refractivity (Wildman–Crippen MR) is 113 cm³/mol. The fourth-order valence-electron chi connectivity index (χ4n) is 3.21. The molecule has 1 aliphatic rings. The molecule has 2 N–H and O–H groups in total. The minimum Gasteiger partial charge on any atom is -0.370 e. The van der Waals surface area contributed by atoms with Crippen LogP contribution in [0.15, 0.2) is 59.8 Å². The minimum absolute atomic E-state index is 0.0828. The molecule has 150 valence electrons. The van der Waals surface area contributed by atoms with Crippen LogP contribution in [0.2, 0.25) is 0 Å². The van der Waals surface area contributed by atoms with Crippen LogP contribution in [-0.4, -0.2) is 36.8 Å². The predicted octanol–water partition coefficient (Wildman–Crippen LogP) is 2.73. The van der Waals surface area contributed by atoms with Gasteiger partial charge in [0, 0.05) is 42.4 Å². The summed E-state index contributed by atoms with van der Waals surface area (Å²) in [5, 5.41) is 3.01. The molecular weight excluding hydrogens is 410 g/mol. The molecule has 1 aliphatic heterocycles. The van der Waals surface area contributed by atoms with Crippen molar-refractivity contribution >= 4 is 44.0 Å². The van der Waals surface area contributed by atoms with Crippen molar-refractivity contribution in [3.05, 3.63) is 60.4 Å². The van der Waals surface area contributed by atoms with Crippen LogP contribution in [0, 0.1) is 0 Å². The van der Waals surface area contributed by atoms with Gasteiger partial charge >= 0.3 is 0 Å². The van der Waals surface area contributed by atoms with Crippen LogP contribution < -0.4 is 14.9 Å². The van der Waals surface area contributed by atoms with Crippen LogP contribution in [-0.2, 0) is 21.2 Å². The summed E-state index contributed by atoms with van der Waals surface area (Å²) in [5.41, 5.74) is 3.05. The normalized spacial score (nSPS) is 13.2. The summed E-state index contributed by atoms with van der Waals surface area (Å²) in [6.07, 6.45) is 2.63. The van der Waals surface area contributed by atoms with Crippen molar-refractivity contribution in [1.82, 2.24) is 9.36 Å². The standard InChI is InChI=1S/C19H19N5O3S2/c25-18(10-12-24-11-9-14-3-1-2-4-17(14)24)22-15-5-7-16(8-6-15)29(26,27)23-19-20-13-21-28-19/h1-8,13H,9-12H2,(H,22,25)(H,20,21,23). The summed E-state index contributed by atoms with van der Waals surface area (Å²) in [6.45, 7) is 1.56. The summed E-state index contributed by atoms with van der Waals surface area (Å²) >= 11 is 0.955. The number of rotatable bonds is 7. The Morgan fingerprint density at radius 3 is 2.69 bits per heavy atom. The molecule has 1 aromatic heterocycles. The third-order valence-electron chi connectivity index (χ3n) is 4.62. The third-order valence-corrected chi connectivity index (χ3v) is 6.69. The van der Waals surface area contributed by atoms with E-state index in [0.717, 1.165) is 24.5 Å². The van der Waals surface area contributed by atoms with E-state index in [1.54, 1.807) is 12.1 Å². The van der Waals surface area contributed by atoms with Gasteiger partial charge in [0.25, 0.3) is 10.0 Å². The van der Waals surface area contributed by atoms with Crippen LogP contribution in [0.5, 0.6) is 0 Å². The fourth-order valence-corrected chi connectivity index (χ4v) is 4.87. The number of para-hydroxylation sites is 1. The Morgan fingerprint density at radius 2 is 1.93 bits per heavy atom. The Balaban J connectivity index is 1.32. The van der Waals surface area contributed by atoms with Crippen LogP contribution in [0.3, 0.4) is 0 Å². The summed E-state index contributed by atoms with van der Waals surface area (Å²) in [5.74, 6) is -0.114. The lowest BCUT2D eigenvalue weighted by atomic mass is 10.2. The summed E-state index contributed by atoms with van der Waals surface area (Å²) in [7, 11) is -3.74. The Bertz CT molecular complexity index is 1100. The molecule has 2 heterocycles. The highest BCUT2D eigenvalue weighted by Gasteiger charge is 2.19. The molecule has 4 rings (SSSR count). The van der Waals surface area contributed by atoms with Crippen LogP contribution in [0.4, 0.5) is 16.5 Å². The van der Waals surface area contributed by atoms with Gasteiger partial charge in [-0.15, -0.1) is 0 Å². The Morgan fingerprint density at radius 1 is 1.14 bits per heavy atom. The van der Waals surface area contributed by atoms with E-state index in [0.29, 0.717) is 18.7 Å². The number of benzene rings is 2. The van der Waals surface area contributed by atoms with Crippen LogP contribution >= 0.6 is 11.5 Å². The van der Waals surface area contributed by atoms with Gasteiger partial charge in [0.05, 0.1) is 4.90 Å². The Labute approximate surface area is 172 Å². The van der Waals surface area contributed by atoms with Crippen molar-refractivity contribution in [2.75, 3.05) is 28.0 Å². The van der Waals surface area contributed by atoms with Gasteiger partial charge in [-0.05, 0) is 42.3 Å². The second kappa shape index (κ2) is 8.18. The van der Waals surface area contributed by atoms with Gasteiger partial charge in [-0.2, -0.15) is 4.37 Å². The van der Waals surface area contributed by atoms with E-state index in [1.807, 2.05) is 12.1 Å². The molecule has 0 saturated heterocycles. The smallest absolute Gasteiger partial charge is 0.263 e. The number of carbonyl (C=O) groups excluding carboxylic acids is 1. The second-order valence-corrected chi connectivity index (χ2v) is 9.00. The number of hydrogen-bond donors (Lipinski definition) is 2. The summed E-state index contributed by atoms with van der Waals surface area (Å²) in [4.78, 5) is 18.4.